The maximum atomic E-state index is 5.88. The Morgan fingerprint density at radius 2 is 1.96 bits per heavy atom. The van der Waals surface area contributed by atoms with Crippen molar-refractivity contribution in [3.05, 3.63) is 0 Å². The summed E-state index contributed by atoms with van der Waals surface area (Å²) in [5.74, 6) is 0.887. The molecule has 0 spiro atoms. The molecule has 0 saturated carbocycles. The lowest BCUT2D eigenvalue weighted by Gasteiger charge is -2.23. The largest absolute Gasteiger partial charge is 0.381 e. The topological polar surface area (TPSA) is 54.9 Å². The van der Waals surface area contributed by atoms with Crippen molar-refractivity contribution in [1.29, 1.82) is 0 Å². The van der Waals surface area contributed by atoms with E-state index in [4.69, 9.17) is 9.47 Å². The van der Waals surface area contributed by atoms with Crippen LogP contribution in [0, 0.1) is 5.41 Å². The zero-order valence-corrected chi connectivity index (χ0v) is 18.5. The minimum atomic E-state index is 0. The van der Waals surface area contributed by atoms with Gasteiger partial charge in [-0.2, -0.15) is 0 Å². The van der Waals surface area contributed by atoms with E-state index in [-0.39, 0.29) is 24.0 Å². The van der Waals surface area contributed by atoms with Gasteiger partial charge in [-0.3, -0.25) is 4.99 Å². The molecule has 5 nitrogen and oxygen atoms in total. The number of aliphatic imine (C=N–C) groups is 1. The third-order valence-electron chi connectivity index (χ3n) is 4.07. The lowest BCUT2D eigenvalue weighted by Crippen LogP contribution is -2.43. The lowest BCUT2D eigenvalue weighted by atomic mass is 9.89. The summed E-state index contributed by atoms with van der Waals surface area (Å²) in [6, 6.07) is 0.430. The molecule has 0 aromatic rings. The van der Waals surface area contributed by atoms with Crippen LogP contribution in [0.3, 0.4) is 0 Å². The Bertz CT molecular complexity index is 340. The Morgan fingerprint density at radius 1 is 1.29 bits per heavy atom. The van der Waals surface area contributed by atoms with Crippen LogP contribution in [0.5, 0.6) is 0 Å². The number of rotatable bonds is 8. The highest BCUT2D eigenvalue weighted by Crippen LogP contribution is 2.21. The molecular weight excluding hydrogens is 417 g/mol. The van der Waals surface area contributed by atoms with Crippen molar-refractivity contribution in [2.75, 3.05) is 33.4 Å². The van der Waals surface area contributed by atoms with Crippen molar-refractivity contribution in [3.63, 3.8) is 0 Å². The van der Waals surface area contributed by atoms with Crippen molar-refractivity contribution >= 4 is 29.9 Å². The van der Waals surface area contributed by atoms with E-state index in [0.29, 0.717) is 17.6 Å². The van der Waals surface area contributed by atoms with E-state index in [0.717, 1.165) is 58.0 Å². The third-order valence-corrected chi connectivity index (χ3v) is 4.07. The average Bonchev–Trinajstić information content (AvgIpc) is 2.52. The van der Waals surface area contributed by atoms with Gasteiger partial charge in [0.05, 0.1) is 6.10 Å². The predicted octanol–water partition coefficient (Wildman–Crippen LogP) is 3.57. The van der Waals surface area contributed by atoms with Gasteiger partial charge >= 0.3 is 0 Å². The van der Waals surface area contributed by atoms with Gasteiger partial charge in [0.15, 0.2) is 5.96 Å². The number of hydrogen-bond donors (Lipinski definition) is 2. The van der Waals surface area contributed by atoms with E-state index in [1.165, 1.54) is 6.42 Å². The normalized spacial score (nSPS) is 18.0. The Labute approximate surface area is 165 Å². The van der Waals surface area contributed by atoms with Gasteiger partial charge in [0.2, 0.25) is 0 Å². The van der Waals surface area contributed by atoms with Gasteiger partial charge in [0.1, 0.15) is 0 Å². The second-order valence-corrected chi connectivity index (χ2v) is 7.68. The summed E-state index contributed by atoms with van der Waals surface area (Å²) in [6.07, 6.45) is 5.80. The summed E-state index contributed by atoms with van der Waals surface area (Å²) < 4.78 is 11.2. The van der Waals surface area contributed by atoms with Crippen molar-refractivity contribution in [3.8, 4) is 0 Å². The van der Waals surface area contributed by atoms with Crippen LogP contribution in [0.15, 0.2) is 4.99 Å². The fourth-order valence-corrected chi connectivity index (χ4v) is 2.52. The number of hydrogen-bond acceptors (Lipinski definition) is 3. The van der Waals surface area contributed by atoms with E-state index in [2.05, 4.69) is 43.3 Å². The summed E-state index contributed by atoms with van der Waals surface area (Å²) in [7, 11) is 1.82. The first-order chi connectivity index (χ1) is 10.9. The van der Waals surface area contributed by atoms with Crippen LogP contribution in [0.1, 0.15) is 59.8 Å². The molecule has 1 unspecified atom stereocenters. The second kappa shape index (κ2) is 13.2. The molecule has 1 fully saturated rings. The van der Waals surface area contributed by atoms with Gasteiger partial charge in [-0.25, -0.2) is 0 Å². The smallest absolute Gasteiger partial charge is 0.191 e. The molecule has 0 aromatic carbocycles. The molecule has 1 heterocycles. The maximum Gasteiger partial charge on any atom is 0.191 e. The molecule has 1 aliphatic rings. The van der Waals surface area contributed by atoms with Gasteiger partial charge in [-0.1, -0.05) is 20.8 Å². The summed E-state index contributed by atoms with van der Waals surface area (Å²) in [5, 5.41) is 6.83. The molecule has 0 amide bonds. The Morgan fingerprint density at radius 3 is 2.54 bits per heavy atom. The highest BCUT2D eigenvalue weighted by atomic mass is 127. The zero-order valence-electron chi connectivity index (χ0n) is 16.2. The number of ether oxygens (including phenoxy) is 2. The van der Waals surface area contributed by atoms with Crippen LogP contribution in [0.2, 0.25) is 0 Å². The highest BCUT2D eigenvalue weighted by Gasteiger charge is 2.14. The number of guanidine groups is 1. The fourth-order valence-electron chi connectivity index (χ4n) is 2.52. The van der Waals surface area contributed by atoms with Gasteiger partial charge in [-0.05, 0) is 44.4 Å². The third kappa shape index (κ3) is 12.3. The van der Waals surface area contributed by atoms with Crippen LogP contribution in [-0.2, 0) is 9.47 Å². The van der Waals surface area contributed by atoms with Crippen LogP contribution in [0.25, 0.3) is 0 Å². The lowest BCUT2D eigenvalue weighted by molar-refractivity contribution is -0.0320. The molecular formula is C18H38IN3O2. The Kier molecular flexibility index (Phi) is 13.1. The molecule has 0 radical (unpaired) electrons. The first-order valence-corrected chi connectivity index (χ1v) is 9.07. The molecule has 144 valence electrons. The van der Waals surface area contributed by atoms with E-state index < -0.39 is 0 Å². The molecule has 0 bridgehead atoms. The van der Waals surface area contributed by atoms with Gasteiger partial charge in [0.25, 0.3) is 0 Å². The van der Waals surface area contributed by atoms with E-state index in [9.17, 15) is 0 Å². The summed E-state index contributed by atoms with van der Waals surface area (Å²) >= 11 is 0. The average molecular weight is 455 g/mol. The fraction of sp³-hybridized carbons (Fsp3) is 0.944. The first-order valence-electron chi connectivity index (χ1n) is 9.07. The van der Waals surface area contributed by atoms with Gasteiger partial charge in [-0.15, -0.1) is 24.0 Å². The molecule has 1 aliphatic heterocycles. The maximum absolute atomic E-state index is 5.88. The summed E-state index contributed by atoms with van der Waals surface area (Å²) in [5.41, 5.74) is 0.383. The van der Waals surface area contributed by atoms with Gasteiger partial charge < -0.3 is 20.1 Å². The van der Waals surface area contributed by atoms with Gasteiger partial charge in [0, 0.05) is 39.5 Å². The highest BCUT2D eigenvalue weighted by molar-refractivity contribution is 14.0. The van der Waals surface area contributed by atoms with Crippen molar-refractivity contribution in [1.82, 2.24) is 10.6 Å². The number of halogens is 1. The van der Waals surface area contributed by atoms with E-state index in [1.54, 1.807) is 0 Å². The van der Waals surface area contributed by atoms with Crippen LogP contribution in [-0.4, -0.2) is 51.5 Å². The molecule has 1 saturated heterocycles. The first kappa shape index (κ1) is 23.9. The number of nitrogens with zero attached hydrogens (tertiary/aromatic N) is 1. The van der Waals surface area contributed by atoms with Crippen molar-refractivity contribution in [2.45, 2.75) is 71.9 Å². The molecule has 2 N–H and O–H groups in total. The SMILES string of the molecule is CN=C(NCCCOC1CCOCC1)NC(C)CCC(C)(C)C.I. The second-order valence-electron chi connectivity index (χ2n) is 7.68. The molecule has 0 aliphatic carbocycles. The Hall–Kier alpha value is -0.0800. The van der Waals surface area contributed by atoms with E-state index in [1.807, 2.05) is 7.05 Å². The van der Waals surface area contributed by atoms with Crippen LogP contribution >= 0.6 is 24.0 Å². The summed E-state index contributed by atoms with van der Waals surface area (Å²) in [6.45, 7) is 12.4. The number of nitrogens with one attached hydrogen (secondary N) is 2. The monoisotopic (exact) mass is 455 g/mol. The predicted molar refractivity (Wildman–Crippen MR) is 112 cm³/mol. The van der Waals surface area contributed by atoms with E-state index >= 15 is 0 Å². The standard InChI is InChI=1S/C18H37N3O2.HI/c1-15(7-10-18(2,3)4)21-17(19-5)20-11-6-12-23-16-8-13-22-14-9-16;/h15-16H,6-14H2,1-5H3,(H2,19,20,21);1H. The molecule has 24 heavy (non-hydrogen) atoms. The van der Waals surface area contributed by atoms with Crippen LogP contribution < -0.4 is 10.6 Å². The van der Waals surface area contributed by atoms with Crippen molar-refractivity contribution in [2.24, 2.45) is 10.4 Å². The quantitative estimate of drug-likeness (QED) is 0.254. The molecule has 1 atom stereocenters. The molecule has 1 rings (SSSR count). The minimum Gasteiger partial charge on any atom is -0.381 e. The zero-order chi connectivity index (χ0) is 17.1. The Balaban J connectivity index is 0.00000529. The van der Waals surface area contributed by atoms with Crippen LogP contribution in [0.4, 0.5) is 0 Å². The van der Waals surface area contributed by atoms with Crippen molar-refractivity contribution < 1.29 is 9.47 Å². The summed E-state index contributed by atoms with van der Waals surface area (Å²) in [4.78, 5) is 4.30. The molecule has 0 aromatic heterocycles. The molecule has 6 heteroatoms. The minimum absolute atomic E-state index is 0.